The van der Waals surface area contributed by atoms with Crippen LogP contribution in [-0.2, 0) is 9.59 Å². The average molecular weight is 468 g/mol. The lowest BCUT2D eigenvalue weighted by molar-refractivity contribution is -0.384. The van der Waals surface area contributed by atoms with Gasteiger partial charge in [-0.05, 0) is 42.7 Å². The Labute approximate surface area is 195 Å². The van der Waals surface area contributed by atoms with Crippen LogP contribution in [0.2, 0.25) is 0 Å². The average Bonchev–Trinajstić information content (AvgIpc) is 3.02. The summed E-state index contributed by atoms with van der Waals surface area (Å²) in [5.41, 5.74) is 2.43. The number of rotatable bonds is 8. The van der Waals surface area contributed by atoms with Crippen molar-refractivity contribution in [2.75, 3.05) is 11.9 Å². The second-order valence-electron chi connectivity index (χ2n) is 7.09. The maximum atomic E-state index is 12.7. The number of nitro groups is 1. The predicted octanol–water partition coefficient (Wildman–Crippen LogP) is 5.16. The number of benzene rings is 2. The molecular formula is C23H21N3O4S2. The van der Waals surface area contributed by atoms with Gasteiger partial charge in [0, 0.05) is 30.8 Å². The first-order valence-electron chi connectivity index (χ1n) is 9.86. The molecule has 0 radical (unpaired) electrons. The van der Waals surface area contributed by atoms with Crippen LogP contribution in [0.3, 0.4) is 0 Å². The molecule has 1 fully saturated rings. The second-order valence-corrected chi connectivity index (χ2v) is 8.76. The van der Waals surface area contributed by atoms with E-state index in [1.165, 1.54) is 40.9 Å². The number of amides is 2. The van der Waals surface area contributed by atoms with Crippen LogP contribution < -0.4 is 5.32 Å². The van der Waals surface area contributed by atoms with Crippen molar-refractivity contribution in [3.8, 4) is 0 Å². The van der Waals surface area contributed by atoms with E-state index in [2.05, 4.69) is 5.32 Å². The number of allylic oxidation sites excluding steroid dienone is 2. The van der Waals surface area contributed by atoms with Crippen LogP contribution in [0.15, 0.2) is 71.2 Å². The molecule has 1 saturated heterocycles. The molecule has 0 aromatic heterocycles. The van der Waals surface area contributed by atoms with Crippen LogP contribution in [0.25, 0.3) is 6.08 Å². The quantitative estimate of drug-likeness (QED) is 0.249. The first-order chi connectivity index (χ1) is 15.3. The highest BCUT2D eigenvalue weighted by atomic mass is 32.2. The molecule has 1 aliphatic heterocycles. The third kappa shape index (κ3) is 6.35. The largest absolute Gasteiger partial charge is 0.326 e. The van der Waals surface area contributed by atoms with Crippen LogP contribution in [0, 0.1) is 10.1 Å². The molecule has 7 nitrogen and oxygen atoms in total. The van der Waals surface area contributed by atoms with Gasteiger partial charge in [-0.3, -0.25) is 24.6 Å². The highest BCUT2D eigenvalue weighted by molar-refractivity contribution is 8.26. The number of nitrogens with zero attached hydrogens (tertiary/aromatic N) is 2. The third-order valence-corrected chi connectivity index (χ3v) is 5.95. The van der Waals surface area contributed by atoms with Crippen LogP contribution in [0.1, 0.15) is 25.3 Å². The smallest absolute Gasteiger partial charge is 0.269 e. The number of thiocarbonyl (C=S) groups is 1. The van der Waals surface area contributed by atoms with Crippen LogP contribution >= 0.6 is 24.0 Å². The molecule has 9 heteroatoms. The summed E-state index contributed by atoms with van der Waals surface area (Å²) in [6.45, 7) is 2.28. The van der Waals surface area contributed by atoms with Crippen molar-refractivity contribution in [2.45, 2.75) is 19.8 Å². The molecular weight excluding hydrogens is 446 g/mol. The molecule has 0 unspecified atom stereocenters. The number of thioether (sulfide) groups is 1. The Kier molecular flexibility index (Phi) is 7.91. The molecule has 2 aromatic carbocycles. The van der Waals surface area contributed by atoms with Crippen molar-refractivity contribution < 1.29 is 14.5 Å². The molecule has 1 aliphatic rings. The summed E-state index contributed by atoms with van der Waals surface area (Å²) in [5, 5.41) is 13.4. The van der Waals surface area contributed by atoms with Crippen LogP contribution in [0.5, 0.6) is 0 Å². The van der Waals surface area contributed by atoms with E-state index in [0.717, 1.165) is 11.1 Å². The SMILES string of the molecule is CC(/C=C1\SC(=S)N(CCCC(=O)Nc2ccc([N+](=O)[O-])cc2)C1=O)=C\c1ccccc1. The molecule has 0 saturated carbocycles. The van der Waals surface area contributed by atoms with Gasteiger partial charge in [0.25, 0.3) is 11.6 Å². The molecule has 1 heterocycles. The highest BCUT2D eigenvalue weighted by Crippen LogP contribution is 2.32. The Hall–Kier alpha value is -3.30. The Morgan fingerprint density at radius 3 is 2.53 bits per heavy atom. The maximum absolute atomic E-state index is 12.7. The van der Waals surface area contributed by atoms with Crippen LogP contribution in [0.4, 0.5) is 11.4 Å². The van der Waals surface area contributed by atoms with E-state index in [-0.39, 0.29) is 23.9 Å². The molecule has 0 spiro atoms. The lowest BCUT2D eigenvalue weighted by atomic mass is 10.1. The fraction of sp³-hybridized carbons (Fsp3) is 0.174. The standard InChI is InChI=1S/C23H21N3O4S2/c1-16(14-17-6-3-2-4-7-17)15-20-22(28)25(23(31)32-20)13-5-8-21(27)24-18-9-11-19(12-10-18)26(29)30/h2-4,6-7,9-12,14-15H,5,8,13H2,1H3,(H,24,27)/b16-14+,20-15-. The van der Waals surface area contributed by atoms with Crippen molar-refractivity contribution in [1.29, 1.82) is 0 Å². The number of nitrogens with one attached hydrogen (secondary N) is 1. The lowest BCUT2D eigenvalue weighted by Gasteiger charge is -2.14. The van der Waals surface area contributed by atoms with Crippen LogP contribution in [-0.4, -0.2) is 32.5 Å². The summed E-state index contributed by atoms with van der Waals surface area (Å²) in [7, 11) is 0. The Bertz CT molecular complexity index is 1100. The fourth-order valence-electron chi connectivity index (χ4n) is 3.04. The van der Waals surface area contributed by atoms with E-state index >= 15 is 0 Å². The van der Waals surface area contributed by atoms with Gasteiger partial charge < -0.3 is 5.32 Å². The summed E-state index contributed by atoms with van der Waals surface area (Å²) in [4.78, 5) is 37.1. The summed E-state index contributed by atoms with van der Waals surface area (Å²) in [6.07, 6.45) is 4.46. The Morgan fingerprint density at radius 2 is 1.88 bits per heavy atom. The van der Waals surface area contributed by atoms with E-state index in [4.69, 9.17) is 12.2 Å². The number of nitro benzene ring substituents is 1. The molecule has 2 amide bonds. The summed E-state index contributed by atoms with van der Waals surface area (Å²) >= 11 is 6.60. The van der Waals surface area contributed by atoms with Gasteiger partial charge in [-0.25, -0.2) is 0 Å². The monoisotopic (exact) mass is 467 g/mol. The van der Waals surface area contributed by atoms with E-state index in [0.29, 0.717) is 27.9 Å². The Morgan fingerprint density at radius 1 is 1.19 bits per heavy atom. The lowest BCUT2D eigenvalue weighted by Crippen LogP contribution is -2.29. The van der Waals surface area contributed by atoms with Gasteiger partial charge in [0.2, 0.25) is 5.91 Å². The fourth-order valence-corrected chi connectivity index (χ4v) is 4.40. The zero-order valence-corrected chi connectivity index (χ0v) is 18.9. The van der Waals surface area contributed by atoms with Crippen molar-refractivity contribution in [3.63, 3.8) is 0 Å². The summed E-state index contributed by atoms with van der Waals surface area (Å²) in [5.74, 6) is -0.391. The minimum atomic E-state index is -0.499. The molecule has 1 N–H and O–H groups in total. The van der Waals surface area contributed by atoms with Gasteiger partial charge in [0.05, 0.1) is 9.83 Å². The van der Waals surface area contributed by atoms with Crippen molar-refractivity contribution >= 4 is 57.6 Å². The number of anilines is 1. The molecule has 3 rings (SSSR count). The zero-order chi connectivity index (χ0) is 23.1. The molecule has 32 heavy (non-hydrogen) atoms. The van der Waals surface area contributed by atoms with Crippen molar-refractivity contribution in [2.24, 2.45) is 0 Å². The van der Waals surface area contributed by atoms with E-state index in [1.807, 2.05) is 49.4 Å². The summed E-state index contributed by atoms with van der Waals surface area (Å²) in [6, 6.07) is 15.5. The van der Waals surface area contributed by atoms with Gasteiger partial charge >= 0.3 is 0 Å². The number of non-ortho nitro benzene ring substituents is 1. The molecule has 0 aliphatic carbocycles. The van der Waals surface area contributed by atoms with Crippen molar-refractivity contribution in [3.05, 3.63) is 86.8 Å². The number of hydrogen-bond donors (Lipinski definition) is 1. The Balaban J connectivity index is 1.51. The normalized spacial score (nSPS) is 15.3. The molecule has 2 aromatic rings. The number of carbonyl (C=O) groups is 2. The van der Waals surface area contributed by atoms with E-state index in [9.17, 15) is 19.7 Å². The maximum Gasteiger partial charge on any atom is 0.269 e. The molecule has 164 valence electrons. The minimum absolute atomic E-state index is 0.0423. The van der Waals surface area contributed by atoms with Gasteiger partial charge in [-0.15, -0.1) is 0 Å². The highest BCUT2D eigenvalue weighted by Gasteiger charge is 2.31. The second kappa shape index (κ2) is 10.8. The zero-order valence-electron chi connectivity index (χ0n) is 17.3. The topological polar surface area (TPSA) is 92.6 Å². The van der Waals surface area contributed by atoms with Gasteiger partial charge in [-0.2, -0.15) is 0 Å². The van der Waals surface area contributed by atoms with Gasteiger partial charge in [0.1, 0.15) is 4.32 Å². The third-order valence-electron chi connectivity index (χ3n) is 4.57. The van der Waals surface area contributed by atoms with Gasteiger partial charge in [0.15, 0.2) is 0 Å². The van der Waals surface area contributed by atoms with Gasteiger partial charge in [-0.1, -0.05) is 60.4 Å². The number of hydrogen-bond acceptors (Lipinski definition) is 6. The summed E-state index contributed by atoms with van der Waals surface area (Å²) < 4.78 is 0.476. The molecule has 0 atom stereocenters. The first-order valence-corrected chi connectivity index (χ1v) is 11.1. The predicted molar refractivity (Wildman–Crippen MR) is 131 cm³/mol. The molecule has 0 bridgehead atoms. The van der Waals surface area contributed by atoms with E-state index < -0.39 is 4.92 Å². The van der Waals surface area contributed by atoms with E-state index in [1.54, 1.807) is 0 Å². The van der Waals surface area contributed by atoms with Crippen molar-refractivity contribution in [1.82, 2.24) is 4.90 Å². The first kappa shape index (κ1) is 23.4. The minimum Gasteiger partial charge on any atom is -0.326 e. The number of carbonyl (C=O) groups excluding carboxylic acids is 2.